The second-order valence-electron chi connectivity index (χ2n) is 4.38. The van der Waals surface area contributed by atoms with Crippen LogP contribution in [0.1, 0.15) is 13.3 Å². The zero-order valence-electron chi connectivity index (χ0n) is 11.0. The molecule has 7 nitrogen and oxygen atoms in total. The Morgan fingerprint density at radius 2 is 2.47 bits per heavy atom. The van der Waals surface area contributed by atoms with E-state index in [9.17, 15) is 4.79 Å². The van der Waals surface area contributed by atoms with E-state index in [0.717, 1.165) is 6.42 Å². The smallest absolute Gasteiger partial charge is 0.245 e. The van der Waals surface area contributed by atoms with Crippen LogP contribution in [-0.4, -0.2) is 48.2 Å². The first kappa shape index (κ1) is 13.5. The maximum atomic E-state index is 12.1. The van der Waals surface area contributed by atoms with Crippen molar-refractivity contribution in [3.8, 4) is 0 Å². The average molecular weight is 265 g/mol. The van der Waals surface area contributed by atoms with Crippen LogP contribution in [0.4, 0.5) is 11.6 Å². The number of morpholine rings is 1. The van der Waals surface area contributed by atoms with Crippen molar-refractivity contribution < 1.29 is 9.53 Å². The number of hydrogen-bond acceptors (Lipinski definition) is 6. The first-order chi connectivity index (χ1) is 9.22. The van der Waals surface area contributed by atoms with E-state index in [1.165, 1.54) is 6.20 Å². The Balaban J connectivity index is 2.13. The second kappa shape index (κ2) is 6.33. The van der Waals surface area contributed by atoms with Gasteiger partial charge in [0.15, 0.2) is 0 Å². The molecule has 2 rings (SSSR count). The van der Waals surface area contributed by atoms with Gasteiger partial charge in [-0.1, -0.05) is 6.92 Å². The van der Waals surface area contributed by atoms with Crippen molar-refractivity contribution in [3.05, 3.63) is 12.4 Å². The minimum absolute atomic E-state index is 0.0502. The zero-order chi connectivity index (χ0) is 13.7. The van der Waals surface area contributed by atoms with Crippen LogP contribution in [0.3, 0.4) is 0 Å². The number of nitrogens with zero attached hydrogens (tertiary/aromatic N) is 3. The molecule has 1 amide bonds. The highest BCUT2D eigenvalue weighted by molar-refractivity contribution is 5.85. The minimum Gasteiger partial charge on any atom is -0.382 e. The number of ether oxygens (including phenoxy) is 1. The molecule has 1 atom stereocenters. The SMILES string of the molecule is CCCNC(=O)C1COCCN1c1cncc(N)n1. The van der Waals surface area contributed by atoms with Gasteiger partial charge in [-0.25, -0.2) is 4.98 Å². The van der Waals surface area contributed by atoms with Crippen LogP contribution < -0.4 is 16.0 Å². The van der Waals surface area contributed by atoms with Gasteiger partial charge in [-0.05, 0) is 6.42 Å². The number of nitrogens with one attached hydrogen (secondary N) is 1. The van der Waals surface area contributed by atoms with E-state index in [2.05, 4.69) is 15.3 Å². The molecule has 0 saturated carbocycles. The fourth-order valence-electron chi connectivity index (χ4n) is 1.97. The molecule has 1 aliphatic heterocycles. The molecule has 1 aromatic rings. The van der Waals surface area contributed by atoms with Gasteiger partial charge < -0.3 is 20.7 Å². The molecule has 7 heteroatoms. The maximum absolute atomic E-state index is 12.1. The molecule has 0 aliphatic carbocycles. The van der Waals surface area contributed by atoms with Crippen molar-refractivity contribution in [1.82, 2.24) is 15.3 Å². The summed E-state index contributed by atoms with van der Waals surface area (Å²) in [7, 11) is 0. The molecule has 0 bridgehead atoms. The second-order valence-corrected chi connectivity index (χ2v) is 4.38. The zero-order valence-corrected chi connectivity index (χ0v) is 11.0. The number of rotatable bonds is 4. The number of aromatic nitrogens is 2. The van der Waals surface area contributed by atoms with Crippen LogP contribution in [0.25, 0.3) is 0 Å². The quantitative estimate of drug-likeness (QED) is 0.782. The lowest BCUT2D eigenvalue weighted by molar-refractivity contribution is -0.124. The lowest BCUT2D eigenvalue weighted by atomic mass is 10.2. The molecule has 0 aromatic carbocycles. The van der Waals surface area contributed by atoms with Crippen molar-refractivity contribution in [2.24, 2.45) is 0 Å². The van der Waals surface area contributed by atoms with Crippen molar-refractivity contribution in [2.75, 3.05) is 36.9 Å². The molecule has 3 N–H and O–H groups in total. The number of carbonyl (C=O) groups is 1. The van der Waals surface area contributed by atoms with E-state index in [0.29, 0.717) is 37.9 Å². The molecule has 0 spiro atoms. The monoisotopic (exact) mass is 265 g/mol. The van der Waals surface area contributed by atoms with E-state index in [1.54, 1.807) is 6.20 Å². The summed E-state index contributed by atoms with van der Waals surface area (Å²) in [5.74, 6) is 0.905. The molecule has 2 heterocycles. The van der Waals surface area contributed by atoms with Gasteiger partial charge >= 0.3 is 0 Å². The van der Waals surface area contributed by atoms with E-state index in [4.69, 9.17) is 10.5 Å². The number of nitrogens with two attached hydrogens (primary N) is 1. The van der Waals surface area contributed by atoms with Crippen LogP contribution in [0.15, 0.2) is 12.4 Å². The fourth-order valence-corrected chi connectivity index (χ4v) is 1.97. The largest absolute Gasteiger partial charge is 0.382 e. The molecule has 0 radical (unpaired) electrons. The maximum Gasteiger partial charge on any atom is 0.245 e. The van der Waals surface area contributed by atoms with Gasteiger partial charge in [-0.2, -0.15) is 0 Å². The third kappa shape index (κ3) is 3.31. The lowest BCUT2D eigenvalue weighted by Gasteiger charge is -2.35. The predicted octanol–water partition coefficient (Wildman–Crippen LogP) is -0.210. The molecule has 104 valence electrons. The fraction of sp³-hybridized carbons (Fsp3) is 0.583. The molecule has 1 aromatic heterocycles. The summed E-state index contributed by atoms with van der Waals surface area (Å²) in [4.78, 5) is 22.2. The van der Waals surface area contributed by atoms with Crippen LogP contribution in [0, 0.1) is 0 Å². The predicted molar refractivity (Wildman–Crippen MR) is 71.7 cm³/mol. The molecular formula is C12H19N5O2. The van der Waals surface area contributed by atoms with Gasteiger partial charge in [-0.3, -0.25) is 9.78 Å². The van der Waals surface area contributed by atoms with Crippen LogP contribution in [0.5, 0.6) is 0 Å². The van der Waals surface area contributed by atoms with E-state index in [1.807, 2.05) is 11.8 Å². The Bertz CT molecular complexity index is 440. The van der Waals surface area contributed by atoms with Crippen molar-refractivity contribution in [1.29, 1.82) is 0 Å². The van der Waals surface area contributed by atoms with Crippen molar-refractivity contribution in [3.63, 3.8) is 0 Å². The Kier molecular flexibility index (Phi) is 4.51. The van der Waals surface area contributed by atoms with Gasteiger partial charge in [0.2, 0.25) is 5.91 Å². The molecule has 19 heavy (non-hydrogen) atoms. The van der Waals surface area contributed by atoms with Crippen LogP contribution in [0.2, 0.25) is 0 Å². The summed E-state index contributed by atoms with van der Waals surface area (Å²) >= 11 is 0. The van der Waals surface area contributed by atoms with E-state index >= 15 is 0 Å². The van der Waals surface area contributed by atoms with E-state index < -0.39 is 0 Å². The Morgan fingerprint density at radius 3 is 3.21 bits per heavy atom. The lowest BCUT2D eigenvalue weighted by Crippen LogP contribution is -2.54. The number of hydrogen-bond donors (Lipinski definition) is 2. The summed E-state index contributed by atoms with van der Waals surface area (Å²) < 4.78 is 5.38. The van der Waals surface area contributed by atoms with Gasteiger partial charge in [0.1, 0.15) is 17.7 Å². The van der Waals surface area contributed by atoms with Crippen LogP contribution >= 0.6 is 0 Å². The number of amides is 1. The molecule has 1 saturated heterocycles. The number of anilines is 2. The molecule has 1 aliphatic rings. The average Bonchev–Trinajstić information content (AvgIpc) is 2.45. The minimum atomic E-state index is -0.378. The third-order valence-electron chi connectivity index (χ3n) is 2.92. The Hall–Kier alpha value is -1.89. The first-order valence-corrected chi connectivity index (χ1v) is 6.42. The Labute approximate surface area is 112 Å². The summed E-state index contributed by atoms with van der Waals surface area (Å²) in [5.41, 5.74) is 5.63. The number of carbonyl (C=O) groups excluding carboxylic acids is 1. The Morgan fingerprint density at radius 1 is 1.63 bits per heavy atom. The first-order valence-electron chi connectivity index (χ1n) is 6.42. The van der Waals surface area contributed by atoms with Gasteiger partial charge in [0, 0.05) is 13.1 Å². The third-order valence-corrected chi connectivity index (χ3v) is 2.92. The summed E-state index contributed by atoms with van der Waals surface area (Å²) in [6.45, 7) is 4.19. The molecule has 1 unspecified atom stereocenters. The highest BCUT2D eigenvalue weighted by Crippen LogP contribution is 2.17. The summed E-state index contributed by atoms with van der Waals surface area (Å²) in [5, 5.41) is 2.88. The van der Waals surface area contributed by atoms with Crippen molar-refractivity contribution >= 4 is 17.5 Å². The normalized spacial score (nSPS) is 19.2. The van der Waals surface area contributed by atoms with Gasteiger partial charge in [0.25, 0.3) is 0 Å². The summed E-state index contributed by atoms with van der Waals surface area (Å²) in [6.07, 6.45) is 4.00. The van der Waals surface area contributed by atoms with Crippen LogP contribution in [-0.2, 0) is 9.53 Å². The topological polar surface area (TPSA) is 93.4 Å². The van der Waals surface area contributed by atoms with E-state index in [-0.39, 0.29) is 11.9 Å². The molecule has 1 fully saturated rings. The number of nitrogen functional groups attached to an aromatic ring is 1. The highest BCUT2D eigenvalue weighted by Gasteiger charge is 2.30. The summed E-state index contributed by atoms with van der Waals surface area (Å²) in [6, 6.07) is -0.378. The van der Waals surface area contributed by atoms with Gasteiger partial charge in [0.05, 0.1) is 25.6 Å². The molecular weight excluding hydrogens is 246 g/mol. The van der Waals surface area contributed by atoms with Crippen molar-refractivity contribution in [2.45, 2.75) is 19.4 Å². The highest BCUT2D eigenvalue weighted by atomic mass is 16.5. The van der Waals surface area contributed by atoms with Gasteiger partial charge in [-0.15, -0.1) is 0 Å². The standard InChI is InChI=1S/C12H19N5O2/c1-2-3-15-12(18)9-8-19-5-4-17(9)11-7-14-6-10(13)16-11/h6-7,9H,2-5,8H2,1H3,(H2,13,16)(H,15,18).